The third-order valence-electron chi connectivity index (χ3n) is 1.37. The molecule has 0 amide bonds. The van der Waals surface area contributed by atoms with Crippen molar-refractivity contribution in [3.8, 4) is 0 Å². The molecule has 0 bridgehead atoms. The van der Waals surface area contributed by atoms with Gasteiger partial charge in [0.05, 0.1) is 5.82 Å². The van der Waals surface area contributed by atoms with E-state index in [1.54, 1.807) is 6.92 Å². The first kappa shape index (κ1) is 20.3. The second-order valence-corrected chi connectivity index (χ2v) is 3.56. The monoisotopic (exact) mass is 230 g/mol. The summed E-state index contributed by atoms with van der Waals surface area (Å²) < 4.78 is 0. The van der Waals surface area contributed by atoms with E-state index < -0.39 is 0 Å². The molecule has 0 aliphatic rings. The van der Waals surface area contributed by atoms with Crippen LogP contribution in [0.3, 0.4) is 0 Å². The van der Waals surface area contributed by atoms with Gasteiger partial charge in [0.15, 0.2) is 0 Å². The van der Waals surface area contributed by atoms with Gasteiger partial charge in [-0.3, -0.25) is 0 Å². The molecule has 4 heteroatoms. The fourth-order valence-electron chi connectivity index (χ4n) is 0.494. The highest BCUT2D eigenvalue weighted by Crippen LogP contribution is 1.88. The lowest BCUT2D eigenvalue weighted by molar-refractivity contribution is 0.324. The molecule has 0 rings (SSSR count). The Morgan fingerprint density at radius 1 is 1.00 bits per heavy atom. The fraction of sp³-hybridized carbons (Fsp3) is 0.667. The largest absolute Gasteiger partial charge is 0.403 e. The fourth-order valence-corrected chi connectivity index (χ4v) is 0.494. The number of nitrogens with zero attached hydrogens (tertiary/aromatic N) is 2. The molecule has 0 saturated heterocycles. The van der Waals surface area contributed by atoms with Crippen molar-refractivity contribution in [1.82, 2.24) is 9.80 Å². The van der Waals surface area contributed by atoms with Gasteiger partial charge in [0, 0.05) is 20.1 Å². The molecule has 0 aromatic heterocycles. The predicted molar refractivity (Wildman–Crippen MR) is 74.9 cm³/mol. The molecule has 4 N–H and O–H groups in total. The number of likely N-dealkylation sites (N-methyl/N-ethyl adjacent to an activating group) is 2. The van der Waals surface area contributed by atoms with E-state index in [0.717, 1.165) is 13.1 Å². The quantitative estimate of drug-likeness (QED) is 0.767. The van der Waals surface area contributed by atoms with Crippen molar-refractivity contribution in [1.29, 1.82) is 0 Å². The van der Waals surface area contributed by atoms with E-state index in [-0.39, 0.29) is 0 Å². The van der Waals surface area contributed by atoms with E-state index in [2.05, 4.69) is 18.1 Å². The van der Waals surface area contributed by atoms with Crippen molar-refractivity contribution in [3.63, 3.8) is 0 Å². The molecular weight excluding hydrogens is 200 g/mol. The minimum Gasteiger partial charge on any atom is -0.403 e. The van der Waals surface area contributed by atoms with Crippen molar-refractivity contribution in [3.05, 3.63) is 24.7 Å². The first-order chi connectivity index (χ1) is 7.27. The van der Waals surface area contributed by atoms with Gasteiger partial charge < -0.3 is 21.3 Å². The van der Waals surface area contributed by atoms with Gasteiger partial charge in [-0.05, 0) is 26.7 Å². The van der Waals surface area contributed by atoms with E-state index in [1.165, 1.54) is 0 Å². The first-order valence-electron chi connectivity index (χ1n) is 5.48. The summed E-state index contributed by atoms with van der Waals surface area (Å²) in [6, 6.07) is 0. The van der Waals surface area contributed by atoms with Crippen LogP contribution in [0.25, 0.3) is 0 Å². The Morgan fingerprint density at radius 2 is 1.31 bits per heavy atom. The Balaban J connectivity index is -0.000000237. The molecule has 98 valence electrons. The molecule has 0 aliphatic heterocycles. The van der Waals surface area contributed by atoms with Gasteiger partial charge in [0.2, 0.25) is 0 Å². The van der Waals surface area contributed by atoms with Crippen molar-refractivity contribution < 1.29 is 0 Å². The molecule has 0 fully saturated rings. The third kappa shape index (κ3) is 29.3. The molecular formula is C12H30N4. The summed E-state index contributed by atoms with van der Waals surface area (Å²) in [4.78, 5) is 4.04. The number of hydrogen-bond donors (Lipinski definition) is 2. The van der Waals surface area contributed by atoms with Crippen LogP contribution in [0.4, 0.5) is 0 Å². The Hall–Kier alpha value is -1.16. The van der Waals surface area contributed by atoms with Gasteiger partial charge in [-0.15, -0.1) is 0 Å². The SMILES string of the molecule is C=C(C)N.C=C(N)N(C)CCN(C)C.CC. The second-order valence-electron chi connectivity index (χ2n) is 3.56. The van der Waals surface area contributed by atoms with E-state index in [4.69, 9.17) is 11.5 Å². The molecule has 0 heterocycles. The topological polar surface area (TPSA) is 58.5 Å². The first-order valence-corrected chi connectivity index (χ1v) is 5.48. The minimum absolute atomic E-state index is 0.627. The van der Waals surface area contributed by atoms with E-state index in [9.17, 15) is 0 Å². The number of hydrogen-bond acceptors (Lipinski definition) is 4. The Kier molecular flexibility index (Phi) is 17.5. The van der Waals surface area contributed by atoms with Crippen molar-refractivity contribution in [2.75, 3.05) is 34.2 Å². The zero-order chi connectivity index (χ0) is 13.7. The Bertz CT molecular complexity index is 172. The predicted octanol–water partition coefficient (Wildman–Crippen LogP) is 1.41. The number of nitrogens with two attached hydrogens (primary N) is 2. The summed E-state index contributed by atoms with van der Waals surface area (Å²) in [7, 11) is 6.01. The molecule has 0 spiro atoms. The van der Waals surface area contributed by atoms with Gasteiger partial charge >= 0.3 is 0 Å². The molecule has 0 radical (unpaired) electrons. The van der Waals surface area contributed by atoms with Crippen LogP contribution in [-0.2, 0) is 0 Å². The van der Waals surface area contributed by atoms with Gasteiger partial charge in [0.25, 0.3) is 0 Å². The van der Waals surface area contributed by atoms with Gasteiger partial charge in [-0.1, -0.05) is 27.0 Å². The highest BCUT2D eigenvalue weighted by atomic mass is 15.2. The molecule has 4 nitrogen and oxygen atoms in total. The molecule has 0 atom stereocenters. The summed E-state index contributed by atoms with van der Waals surface area (Å²) in [5.74, 6) is 0.627. The highest BCUT2D eigenvalue weighted by Gasteiger charge is 1.96. The standard InChI is InChI=1S/C7H17N3.C3H7N.C2H6/c1-7(8)10(4)6-5-9(2)3;1-3(2)4;1-2/h1,5-6,8H2,2-4H3;1,4H2,2H3;1-2H3. The van der Waals surface area contributed by atoms with Crippen molar-refractivity contribution >= 4 is 0 Å². The molecule has 0 aliphatic carbocycles. The van der Waals surface area contributed by atoms with Crippen LogP contribution in [0.5, 0.6) is 0 Å². The Morgan fingerprint density at radius 3 is 1.50 bits per heavy atom. The molecule has 0 aromatic rings. The van der Waals surface area contributed by atoms with Crippen LogP contribution in [0.1, 0.15) is 20.8 Å². The summed E-state index contributed by atoms with van der Waals surface area (Å²) in [5, 5.41) is 0. The molecule has 0 unspecified atom stereocenters. The lowest BCUT2D eigenvalue weighted by atomic mass is 10.5. The maximum absolute atomic E-state index is 5.44. The number of allylic oxidation sites excluding steroid dienone is 1. The summed E-state index contributed by atoms with van der Waals surface area (Å²) in [6.07, 6.45) is 0. The normalized spacial score (nSPS) is 8.19. The van der Waals surface area contributed by atoms with Crippen LogP contribution in [0, 0.1) is 0 Å². The summed E-state index contributed by atoms with van der Waals surface area (Å²) in [6.45, 7) is 14.6. The molecule has 16 heavy (non-hydrogen) atoms. The van der Waals surface area contributed by atoms with Crippen molar-refractivity contribution in [2.24, 2.45) is 11.5 Å². The smallest absolute Gasteiger partial charge is 0.0910 e. The van der Waals surface area contributed by atoms with Crippen LogP contribution in [0.15, 0.2) is 24.7 Å². The average molecular weight is 230 g/mol. The van der Waals surface area contributed by atoms with Crippen LogP contribution in [-0.4, -0.2) is 44.0 Å². The van der Waals surface area contributed by atoms with E-state index >= 15 is 0 Å². The van der Waals surface area contributed by atoms with Crippen LogP contribution in [0.2, 0.25) is 0 Å². The maximum atomic E-state index is 5.44. The van der Waals surface area contributed by atoms with Gasteiger partial charge in [0.1, 0.15) is 0 Å². The average Bonchev–Trinajstić information content (AvgIpc) is 2.16. The van der Waals surface area contributed by atoms with Crippen molar-refractivity contribution in [2.45, 2.75) is 20.8 Å². The van der Waals surface area contributed by atoms with Gasteiger partial charge in [-0.25, -0.2) is 0 Å². The molecule has 0 saturated carbocycles. The lowest BCUT2D eigenvalue weighted by Crippen LogP contribution is -2.30. The summed E-state index contributed by atoms with van der Waals surface area (Å²) in [5.41, 5.74) is 11.0. The van der Waals surface area contributed by atoms with Gasteiger partial charge in [-0.2, -0.15) is 0 Å². The molecule has 0 aromatic carbocycles. The highest BCUT2D eigenvalue weighted by molar-refractivity contribution is 4.83. The lowest BCUT2D eigenvalue weighted by Gasteiger charge is -2.20. The third-order valence-corrected chi connectivity index (χ3v) is 1.37. The Labute approximate surface area is 102 Å². The van der Waals surface area contributed by atoms with Crippen LogP contribution < -0.4 is 11.5 Å². The van der Waals surface area contributed by atoms with Crippen LogP contribution >= 0.6 is 0 Å². The second kappa shape index (κ2) is 13.8. The van der Waals surface area contributed by atoms with E-state index in [0.29, 0.717) is 11.5 Å². The zero-order valence-corrected chi connectivity index (χ0v) is 11.9. The summed E-state index contributed by atoms with van der Waals surface area (Å²) >= 11 is 0. The van der Waals surface area contributed by atoms with E-state index in [1.807, 2.05) is 39.9 Å². The maximum Gasteiger partial charge on any atom is 0.0910 e. The number of rotatable bonds is 4. The zero-order valence-electron chi connectivity index (χ0n) is 11.9. The minimum atomic E-state index is 0.627.